The lowest BCUT2D eigenvalue weighted by molar-refractivity contribution is -0.121. The van der Waals surface area contributed by atoms with Crippen LogP contribution in [0.1, 0.15) is 42.9 Å². The second-order valence-corrected chi connectivity index (χ2v) is 7.86. The number of benzene rings is 1. The number of aromatic nitrogens is 2. The highest BCUT2D eigenvalue weighted by molar-refractivity contribution is 5.92. The molecular formula is C21H26FN5O2. The van der Waals surface area contributed by atoms with Crippen LogP contribution in [0.3, 0.4) is 0 Å². The Kier molecular flexibility index (Phi) is 5.51. The minimum atomic E-state index is -0.335. The molecule has 1 aliphatic carbocycles. The first-order chi connectivity index (χ1) is 14.0. The van der Waals surface area contributed by atoms with Gasteiger partial charge in [-0.2, -0.15) is 5.10 Å². The highest BCUT2D eigenvalue weighted by Crippen LogP contribution is 2.41. The number of hydrogen-bond donors (Lipinski definition) is 2. The Balaban J connectivity index is 1.25. The molecule has 1 aromatic carbocycles. The maximum atomic E-state index is 13.0. The van der Waals surface area contributed by atoms with Crippen LogP contribution in [-0.2, 0) is 18.4 Å². The third-order valence-electron chi connectivity index (χ3n) is 5.78. The summed E-state index contributed by atoms with van der Waals surface area (Å²) in [4.78, 5) is 26.7. The van der Waals surface area contributed by atoms with Crippen LogP contribution in [-0.4, -0.2) is 39.7 Å². The van der Waals surface area contributed by atoms with Crippen LogP contribution in [0.4, 0.5) is 14.9 Å². The van der Waals surface area contributed by atoms with Crippen LogP contribution in [0.15, 0.2) is 30.5 Å². The van der Waals surface area contributed by atoms with Crippen LogP contribution in [0.5, 0.6) is 0 Å². The van der Waals surface area contributed by atoms with Crippen molar-refractivity contribution in [1.82, 2.24) is 20.0 Å². The summed E-state index contributed by atoms with van der Waals surface area (Å²) in [5.74, 6) is 0.0203. The van der Waals surface area contributed by atoms with Gasteiger partial charge in [-0.05, 0) is 61.4 Å². The average Bonchev–Trinajstić information content (AvgIpc) is 3.51. The van der Waals surface area contributed by atoms with E-state index < -0.39 is 0 Å². The van der Waals surface area contributed by atoms with E-state index in [4.69, 9.17) is 0 Å². The number of anilines is 1. The van der Waals surface area contributed by atoms with Gasteiger partial charge in [0.05, 0.1) is 18.4 Å². The first kappa shape index (κ1) is 19.4. The Bertz CT molecular complexity index is 883. The molecule has 0 bridgehead atoms. The summed E-state index contributed by atoms with van der Waals surface area (Å²) in [6, 6.07) is 5.62. The SMILES string of the molecule is Cn1ncc(C2CC2)c1CNC(=O)N1CCC(C(=O)Nc2ccc(F)cc2)CC1. The largest absolute Gasteiger partial charge is 0.332 e. The molecule has 0 atom stereocenters. The molecule has 1 aromatic heterocycles. The van der Waals surface area contributed by atoms with E-state index in [0.717, 1.165) is 5.69 Å². The molecule has 0 radical (unpaired) electrons. The molecule has 1 saturated heterocycles. The van der Waals surface area contributed by atoms with Crippen molar-refractivity contribution in [3.63, 3.8) is 0 Å². The fourth-order valence-electron chi connectivity index (χ4n) is 3.83. The number of nitrogens with zero attached hydrogens (tertiary/aromatic N) is 3. The highest BCUT2D eigenvalue weighted by atomic mass is 19.1. The molecule has 154 valence electrons. The number of piperidine rings is 1. The van der Waals surface area contributed by atoms with E-state index in [-0.39, 0.29) is 23.7 Å². The lowest BCUT2D eigenvalue weighted by Gasteiger charge is -2.31. The lowest BCUT2D eigenvalue weighted by atomic mass is 9.96. The van der Waals surface area contributed by atoms with Gasteiger partial charge < -0.3 is 15.5 Å². The van der Waals surface area contributed by atoms with E-state index >= 15 is 0 Å². The van der Waals surface area contributed by atoms with Crippen molar-refractivity contribution in [3.8, 4) is 0 Å². The number of likely N-dealkylation sites (tertiary alicyclic amines) is 1. The first-order valence-corrected chi connectivity index (χ1v) is 10.1. The van der Waals surface area contributed by atoms with Gasteiger partial charge in [0.2, 0.25) is 5.91 Å². The molecule has 4 rings (SSSR count). The van der Waals surface area contributed by atoms with Crippen LogP contribution < -0.4 is 10.6 Å². The van der Waals surface area contributed by atoms with Crippen molar-refractivity contribution in [3.05, 3.63) is 47.5 Å². The normalized spacial score (nSPS) is 17.2. The number of carbonyl (C=O) groups is 2. The van der Waals surface area contributed by atoms with Crippen LogP contribution in [0.25, 0.3) is 0 Å². The van der Waals surface area contributed by atoms with Crippen molar-refractivity contribution >= 4 is 17.6 Å². The number of nitrogens with one attached hydrogen (secondary N) is 2. The van der Waals surface area contributed by atoms with E-state index in [1.165, 1.54) is 30.5 Å². The number of aryl methyl sites for hydroxylation is 1. The molecule has 2 aromatic rings. The molecule has 1 aliphatic heterocycles. The summed E-state index contributed by atoms with van der Waals surface area (Å²) in [7, 11) is 1.90. The van der Waals surface area contributed by atoms with Crippen LogP contribution >= 0.6 is 0 Å². The molecule has 3 amide bonds. The molecule has 0 unspecified atom stereocenters. The monoisotopic (exact) mass is 399 g/mol. The van der Waals surface area contributed by atoms with Gasteiger partial charge in [-0.25, -0.2) is 9.18 Å². The standard InChI is InChI=1S/C21H26FN5O2/c1-26-19(18(12-24-26)14-2-3-14)13-23-21(29)27-10-8-15(9-11-27)20(28)25-17-6-4-16(22)5-7-17/h4-7,12,14-15H,2-3,8-11,13H2,1H3,(H,23,29)(H,25,28). The van der Waals surface area contributed by atoms with Crippen LogP contribution in [0, 0.1) is 11.7 Å². The number of halogens is 1. The zero-order chi connectivity index (χ0) is 20.4. The van der Waals surface area contributed by atoms with Gasteiger partial charge in [0, 0.05) is 31.7 Å². The predicted octanol–water partition coefficient (Wildman–Crippen LogP) is 3.00. The Labute approximate surface area is 169 Å². The molecule has 2 fully saturated rings. The topological polar surface area (TPSA) is 79.3 Å². The van der Waals surface area contributed by atoms with Crippen LogP contribution in [0.2, 0.25) is 0 Å². The third-order valence-corrected chi connectivity index (χ3v) is 5.78. The maximum absolute atomic E-state index is 13.0. The number of carbonyl (C=O) groups excluding carboxylic acids is 2. The molecule has 2 aliphatic rings. The second kappa shape index (κ2) is 8.23. The summed E-state index contributed by atoms with van der Waals surface area (Å²) in [6.07, 6.45) is 5.52. The summed E-state index contributed by atoms with van der Waals surface area (Å²) in [6.45, 7) is 1.54. The second-order valence-electron chi connectivity index (χ2n) is 7.86. The Hall–Kier alpha value is -2.90. The minimum absolute atomic E-state index is 0.0828. The quantitative estimate of drug-likeness (QED) is 0.811. The number of urea groups is 1. The van der Waals surface area contributed by atoms with Crippen molar-refractivity contribution in [1.29, 1.82) is 0 Å². The molecular weight excluding hydrogens is 373 g/mol. The minimum Gasteiger partial charge on any atom is -0.332 e. The van der Waals surface area contributed by atoms with E-state index in [1.807, 2.05) is 17.9 Å². The van der Waals surface area contributed by atoms with E-state index in [2.05, 4.69) is 15.7 Å². The molecule has 8 heteroatoms. The molecule has 2 N–H and O–H groups in total. The zero-order valence-corrected chi connectivity index (χ0v) is 16.5. The summed E-state index contributed by atoms with van der Waals surface area (Å²) in [5, 5.41) is 10.1. The third kappa shape index (κ3) is 4.58. The molecule has 0 spiro atoms. The van der Waals surface area contributed by atoms with Gasteiger partial charge in [0.25, 0.3) is 0 Å². The summed E-state index contributed by atoms with van der Waals surface area (Å²) >= 11 is 0. The molecule has 7 nitrogen and oxygen atoms in total. The van der Waals surface area contributed by atoms with E-state index in [1.54, 1.807) is 17.0 Å². The number of rotatable bonds is 5. The smallest absolute Gasteiger partial charge is 0.317 e. The van der Waals surface area contributed by atoms with Gasteiger partial charge >= 0.3 is 6.03 Å². The lowest BCUT2D eigenvalue weighted by Crippen LogP contribution is -2.46. The highest BCUT2D eigenvalue weighted by Gasteiger charge is 2.30. The fraction of sp³-hybridized carbons (Fsp3) is 0.476. The van der Waals surface area contributed by atoms with Gasteiger partial charge in [0.15, 0.2) is 0 Å². The van der Waals surface area contributed by atoms with Crippen molar-refractivity contribution in [2.24, 2.45) is 13.0 Å². The van der Waals surface area contributed by atoms with Crippen molar-refractivity contribution in [2.75, 3.05) is 18.4 Å². The number of amides is 3. The summed E-state index contributed by atoms with van der Waals surface area (Å²) < 4.78 is 14.8. The average molecular weight is 399 g/mol. The predicted molar refractivity (Wildman–Crippen MR) is 107 cm³/mol. The molecule has 2 heterocycles. The molecule has 1 saturated carbocycles. The number of hydrogen-bond acceptors (Lipinski definition) is 3. The molecule has 29 heavy (non-hydrogen) atoms. The van der Waals surface area contributed by atoms with E-state index in [0.29, 0.717) is 44.1 Å². The van der Waals surface area contributed by atoms with Gasteiger partial charge in [-0.1, -0.05) is 0 Å². The van der Waals surface area contributed by atoms with Crippen molar-refractivity contribution < 1.29 is 14.0 Å². The maximum Gasteiger partial charge on any atom is 0.317 e. The Morgan fingerprint density at radius 2 is 1.83 bits per heavy atom. The fourth-order valence-corrected chi connectivity index (χ4v) is 3.83. The summed E-state index contributed by atoms with van der Waals surface area (Å²) in [5.41, 5.74) is 2.89. The van der Waals surface area contributed by atoms with Crippen molar-refractivity contribution in [2.45, 2.75) is 38.1 Å². The zero-order valence-electron chi connectivity index (χ0n) is 16.5. The Morgan fingerprint density at radius 1 is 1.14 bits per heavy atom. The van der Waals surface area contributed by atoms with E-state index in [9.17, 15) is 14.0 Å². The Morgan fingerprint density at radius 3 is 2.48 bits per heavy atom. The first-order valence-electron chi connectivity index (χ1n) is 10.1. The van der Waals surface area contributed by atoms with Gasteiger partial charge in [-0.15, -0.1) is 0 Å². The van der Waals surface area contributed by atoms with Gasteiger partial charge in [-0.3, -0.25) is 9.48 Å². The van der Waals surface area contributed by atoms with Gasteiger partial charge in [0.1, 0.15) is 5.82 Å².